The van der Waals surface area contributed by atoms with E-state index in [1.807, 2.05) is 30.3 Å². The highest BCUT2D eigenvalue weighted by atomic mass is 32.2. The van der Waals surface area contributed by atoms with E-state index in [1.165, 1.54) is 9.71 Å². The van der Waals surface area contributed by atoms with Gasteiger partial charge in [-0.25, -0.2) is 13.2 Å². The number of hydrogen-bond acceptors (Lipinski definition) is 6. The van der Waals surface area contributed by atoms with Crippen LogP contribution in [0.25, 0.3) is 6.08 Å². The second kappa shape index (κ2) is 9.85. The molecule has 0 bridgehead atoms. The third-order valence-corrected chi connectivity index (χ3v) is 8.38. The number of imide groups is 1. The summed E-state index contributed by atoms with van der Waals surface area (Å²) in [4.78, 5) is 39.6. The Bertz CT molecular complexity index is 1060. The summed E-state index contributed by atoms with van der Waals surface area (Å²) in [5.41, 5.74) is 2.32. The van der Waals surface area contributed by atoms with E-state index in [0.29, 0.717) is 31.8 Å². The number of nitrogens with one attached hydrogen (secondary N) is 2. The van der Waals surface area contributed by atoms with Crippen molar-refractivity contribution in [3.8, 4) is 0 Å². The number of hydrogen-bond donors (Lipinski definition) is 2. The van der Waals surface area contributed by atoms with E-state index in [1.54, 1.807) is 11.0 Å². The van der Waals surface area contributed by atoms with Gasteiger partial charge in [0.1, 0.15) is 5.54 Å². The number of urea groups is 1. The van der Waals surface area contributed by atoms with Crippen LogP contribution in [0.2, 0.25) is 0 Å². The Morgan fingerprint density at radius 1 is 1.12 bits per heavy atom. The van der Waals surface area contributed by atoms with E-state index in [2.05, 4.69) is 17.7 Å². The maximum atomic E-state index is 12.9. The Balaban J connectivity index is 1.26. The van der Waals surface area contributed by atoms with Gasteiger partial charge in [0, 0.05) is 31.6 Å². The largest absolute Gasteiger partial charge is 0.344 e. The Morgan fingerprint density at radius 2 is 1.76 bits per heavy atom. The molecule has 1 aromatic rings. The molecule has 1 saturated carbocycles. The molecule has 184 valence electrons. The molecule has 0 aromatic heterocycles. The van der Waals surface area contributed by atoms with Gasteiger partial charge in [-0.05, 0) is 43.2 Å². The smallest absolute Gasteiger partial charge is 0.322 e. The lowest BCUT2D eigenvalue weighted by molar-refractivity contribution is -0.140. The number of amides is 4. The topological polar surface area (TPSA) is 119 Å². The van der Waals surface area contributed by atoms with Gasteiger partial charge in [0.15, 0.2) is 0 Å². The fourth-order valence-corrected chi connectivity index (χ4v) is 5.81. The Labute approximate surface area is 200 Å². The molecule has 0 atom stereocenters. The zero-order valence-corrected chi connectivity index (χ0v) is 20.1. The average Bonchev–Trinajstić information content (AvgIpc) is 3.05. The molecule has 1 aromatic carbocycles. The van der Waals surface area contributed by atoms with Gasteiger partial charge in [-0.1, -0.05) is 37.3 Å². The van der Waals surface area contributed by atoms with Crippen LogP contribution in [0.3, 0.4) is 0 Å². The summed E-state index contributed by atoms with van der Waals surface area (Å²) in [6, 6.07) is 8.58. The van der Waals surface area contributed by atoms with Crippen LogP contribution in [0.5, 0.6) is 0 Å². The number of hydrazine groups is 1. The zero-order chi connectivity index (χ0) is 24.3. The van der Waals surface area contributed by atoms with Crippen LogP contribution in [-0.4, -0.2) is 78.7 Å². The molecule has 34 heavy (non-hydrogen) atoms. The Morgan fingerprint density at radius 3 is 2.41 bits per heavy atom. The van der Waals surface area contributed by atoms with Crippen molar-refractivity contribution in [2.45, 2.75) is 38.1 Å². The summed E-state index contributed by atoms with van der Waals surface area (Å²) in [6.45, 7) is 3.33. The van der Waals surface area contributed by atoms with Crippen molar-refractivity contribution in [1.29, 1.82) is 0 Å². The van der Waals surface area contributed by atoms with Crippen LogP contribution in [0.4, 0.5) is 4.79 Å². The van der Waals surface area contributed by atoms with E-state index < -0.39 is 33.4 Å². The van der Waals surface area contributed by atoms with Gasteiger partial charge in [0.05, 0.1) is 6.54 Å². The van der Waals surface area contributed by atoms with Crippen LogP contribution in [-0.2, 0) is 19.6 Å². The molecule has 2 saturated heterocycles. The molecular formula is C23H31N5O5S. The second-order valence-corrected chi connectivity index (χ2v) is 11.1. The highest BCUT2D eigenvalue weighted by Gasteiger charge is 2.52. The second-order valence-electron chi connectivity index (χ2n) is 9.30. The molecule has 1 spiro atoms. The highest BCUT2D eigenvalue weighted by Crippen LogP contribution is 2.35. The normalized spacial score (nSPS) is 26.9. The Kier molecular flexibility index (Phi) is 7.06. The number of sulfonamides is 1. The first-order valence-corrected chi connectivity index (χ1v) is 13.1. The molecule has 2 aliphatic heterocycles. The molecule has 10 nitrogen and oxygen atoms in total. The number of carbonyl (C=O) groups is 3. The van der Waals surface area contributed by atoms with Crippen LogP contribution in [0.1, 0.15) is 38.2 Å². The molecule has 4 amide bonds. The van der Waals surface area contributed by atoms with Gasteiger partial charge >= 0.3 is 6.03 Å². The van der Waals surface area contributed by atoms with E-state index in [0.717, 1.165) is 23.4 Å². The lowest BCUT2D eigenvalue weighted by Crippen LogP contribution is -2.54. The van der Waals surface area contributed by atoms with Gasteiger partial charge < -0.3 is 5.32 Å². The van der Waals surface area contributed by atoms with Gasteiger partial charge in [0.25, 0.3) is 11.8 Å². The molecule has 3 aliphatic rings. The molecular weight excluding hydrogens is 458 g/mol. The molecule has 4 rings (SSSR count). The first-order chi connectivity index (χ1) is 16.2. The van der Waals surface area contributed by atoms with Crippen LogP contribution < -0.4 is 10.7 Å². The molecule has 11 heteroatoms. The number of carbonyl (C=O) groups excluding carboxylic acids is 3. The third kappa shape index (κ3) is 5.31. The van der Waals surface area contributed by atoms with Crippen LogP contribution in [0, 0.1) is 5.92 Å². The first kappa shape index (κ1) is 24.4. The van der Waals surface area contributed by atoms with Crippen LogP contribution in [0.15, 0.2) is 35.7 Å². The van der Waals surface area contributed by atoms with E-state index >= 15 is 0 Å². The Hall–Kier alpha value is -2.76. The molecule has 0 unspecified atom stereocenters. The number of piperazine rings is 1. The molecule has 2 N–H and O–H groups in total. The zero-order valence-electron chi connectivity index (χ0n) is 19.3. The van der Waals surface area contributed by atoms with Crippen molar-refractivity contribution in [2.24, 2.45) is 5.92 Å². The van der Waals surface area contributed by atoms with Crippen molar-refractivity contribution in [3.05, 3.63) is 41.3 Å². The minimum Gasteiger partial charge on any atom is -0.322 e. The first-order valence-electron chi connectivity index (χ1n) is 11.6. The summed E-state index contributed by atoms with van der Waals surface area (Å²) in [5.74, 6) is -0.376. The SMILES string of the molecule is CC1CCC2(CC1)NC(=O)N(NC(=O)CN1CCN(S(=O)(=O)C=Cc3ccccc3)CC1)C2=O. The maximum absolute atomic E-state index is 12.9. The van der Waals surface area contributed by atoms with Crippen molar-refractivity contribution in [3.63, 3.8) is 0 Å². The van der Waals surface area contributed by atoms with E-state index in [-0.39, 0.29) is 19.6 Å². The van der Waals surface area contributed by atoms with Gasteiger partial charge in [0.2, 0.25) is 10.0 Å². The number of nitrogens with zero attached hydrogens (tertiary/aromatic N) is 3. The average molecular weight is 490 g/mol. The third-order valence-electron chi connectivity index (χ3n) is 6.82. The van der Waals surface area contributed by atoms with Crippen LogP contribution >= 0.6 is 0 Å². The lowest BCUT2D eigenvalue weighted by atomic mass is 9.77. The van der Waals surface area contributed by atoms with E-state index in [9.17, 15) is 22.8 Å². The molecule has 1 aliphatic carbocycles. The minimum absolute atomic E-state index is 0.0329. The molecule has 2 heterocycles. The minimum atomic E-state index is -3.57. The fraction of sp³-hybridized carbons (Fsp3) is 0.522. The lowest BCUT2D eigenvalue weighted by Gasteiger charge is -2.34. The predicted octanol–water partition coefficient (Wildman–Crippen LogP) is 1.14. The summed E-state index contributed by atoms with van der Waals surface area (Å²) in [7, 11) is -3.57. The monoisotopic (exact) mass is 489 g/mol. The van der Waals surface area contributed by atoms with E-state index in [4.69, 9.17) is 0 Å². The van der Waals surface area contributed by atoms with Crippen molar-refractivity contribution in [2.75, 3.05) is 32.7 Å². The predicted molar refractivity (Wildman–Crippen MR) is 126 cm³/mol. The van der Waals surface area contributed by atoms with Crippen molar-refractivity contribution in [1.82, 2.24) is 25.0 Å². The van der Waals surface area contributed by atoms with Gasteiger partial charge in [-0.15, -0.1) is 0 Å². The van der Waals surface area contributed by atoms with Crippen molar-refractivity contribution < 1.29 is 22.8 Å². The molecule has 0 radical (unpaired) electrons. The molecule has 3 fully saturated rings. The summed E-state index contributed by atoms with van der Waals surface area (Å²) < 4.78 is 26.6. The summed E-state index contributed by atoms with van der Waals surface area (Å²) >= 11 is 0. The highest BCUT2D eigenvalue weighted by molar-refractivity contribution is 7.92. The maximum Gasteiger partial charge on any atom is 0.344 e. The summed E-state index contributed by atoms with van der Waals surface area (Å²) in [5, 5.41) is 4.77. The summed E-state index contributed by atoms with van der Waals surface area (Å²) in [6.07, 6.45) is 4.40. The number of rotatable bonds is 6. The number of benzene rings is 1. The quantitative estimate of drug-likeness (QED) is 0.579. The standard InChI is InChI=1S/C23H31N5O5S/c1-18-7-10-23(11-8-18)21(30)28(22(31)24-23)25-20(29)17-26-12-14-27(15-13-26)34(32,33)16-9-19-5-3-2-4-6-19/h2-6,9,16,18H,7-8,10-15,17H2,1H3,(H,24,31)(H,25,29). The van der Waals surface area contributed by atoms with Crippen molar-refractivity contribution >= 4 is 33.9 Å². The van der Waals surface area contributed by atoms with Gasteiger partial charge in [-0.2, -0.15) is 9.31 Å². The van der Waals surface area contributed by atoms with Gasteiger partial charge in [-0.3, -0.25) is 19.9 Å². The fourth-order valence-electron chi connectivity index (χ4n) is 4.64.